The van der Waals surface area contributed by atoms with E-state index in [9.17, 15) is 14.9 Å². The number of rotatable bonds is 3. The average Bonchev–Trinajstić information content (AvgIpc) is 2.16. The van der Waals surface area contributed by atoms with Gasteiger partial charge in [-0.2, -0.15) is 0 Å². The maximum Gasteiger partial charge on any atom is 0.335 e. The molecule has 0 saturated heterocycles. The number of aliphatic hydroxyl groups excluding tert-OH is 1. The molecule has 0 heterocycles. The van der Waals surface area contributed by atoms with E-state index in [2.05, 4.69) is 0 Å². The molecule has 0 amide bonds. The summed E-state index contributed by atoms with van der Waals surface area (Å²) in [5.74, 6) is -1.30. The first-order valence-corrected chi connectivity index (χ1v) is 3.81. The fraction of sp³-hybridized carbons (Fsp3) is 0.125. The maximum atomic E-state index is 10.5. The van der Waals surface area contributed by atoms with E-state index in [4.69, 9.17) is 15.3 Å². The molecule has 0 saturated carbocycles. The fourth-order valence-electron chi connectivity index (χ4n) is 1.06. The Morgan fingerprint density at radius 3 is 2.40 bits per heavy atom. The number of aliphatic hydroxyl groups is 2. The van der Waals surface area contributed by atoms with Crippen LogP contribution in [-0.2, 0) is 0 Å². The molecule has 1 aromatic rings. The molecule has 0 aliphatic heterocycles. The summed E-state index contributed by atoms with van der Waals surface area (Å²) in [6.07, 6.45) is -2.08. The van der Waals surface area contributed by atoms with E-state index in [1.54, 1.807) is 0 Å². The Balaban J connectivity index is 3.33. The normalized spacial score (nSPS) is 10.3. The van der Waals surface area contributed by atoms with Crippen molar-refractivity contribution in [2.75, 3.05) is 0 Å². The van der Waals surface area contributed by atoms with Crippen molar-refractivity contribution >= 4 is 11.7 Å². The van der Waals surface area contributed by atoms with Gasteiger partial charge in [0, 0.05) is 6.07 Å². The van der Waals surface area contributed by atoms with Crippen LogP contribution < -0.4 is 0 Å². The largest absolute Gasteiger partial charge is 0.478 e. The molecule has 0 fully saturated rings. The van der Waals surface area contributed by atoms with Gasteiger partial charge in [0.15, 0.2) is 6.29 Å². The van der Waals surface area contributed by atoms with Crippen LogP contribution in [0.15, 0.2) is 18.2 Å². The van der Waals surface area contributed by atoms with Gasteiger partial charge in [-0.3, -0.25) is 10.1 Å². The predicted octanol–water partition coefficient (Wildman–Crippen LogP) is 0.276. The highest BCUT2D eigenvalue weighted by Crippen LogP contribution is 2.24. The Morgan fingerprint density at radius 1 is 1.40 bits per heavy atom. The lowest BCUT2D eigenvalue weighted by molar-refractivity contribution is -0.386. The van der Waals surface area contributed by atoms with Crippen molar-refractivity contribution < 1.29 is 25.0 Å². The van der Waals surface area contributed by atoms with E-state index in [1.807, 2.05) is 0 Å². The summed E-state index contributed by atoms with van der Waals surface area (Å²) in [4.78, 5) is 20.1. The van der Waals surface area contributed by atoms with Crippen molar-refractivity contribution in [2.45, 2.75) is 6.29 Å². The zero-order chi connectivity index (χ0) is 11.6. The standard InChI is InChI=1S/C8H7NO6/c10-7(11)4-1-2-6(9(14)15)5(3-4)8(12)13/h1-3,8,12-13H,(H,10,11). The van der Waals surface area contributed by atoms with Crippen molar-refractivity contribution in [3.05, 3.63) is 39.4 Å². The number of carboxylic acids is 1. The van der Waals surface area contributed by atoms with E-state index in [0.717, 1.165) is 18.2 Å². The molecule has 0 aliphatic rings. The molecule has 0 unspecified atom stereocenters. The van der Waals surface area contributed by atoms with Crippen LogP contribution in [0.5, 0.6) is 0 Å². The van der Waals surface area contributed by atoms with Crippen molar-refractivity contribution in [2.24, 2.45) is 0 Å². The van der Waals surface area contributed by atoms with E-state index in [0.29, 0.717) is 0 Å². The summed E-state index contributed by atoms with van der Waals surface area (Å²) >= 11 is 0. The first kappa shape index (κ1) is 11.1. The van der Waals surface area contributed by atoms with Crippen LogP contribution in [0.3, 0.4) is 0 Å². The van der Waals surface area contributed by atoms with Gasteiger partial charge in [0.25, 0.3) is 5.69 Å². The highest BCUT2D eigenvalue weighted by molar-refractivity contribution is 5.88. The highest BCUT2D eigenvalue weighted by atomic mass is 16.6. The molecule has 80 valence electrons. The second-order valence-corrected chi connectivity index (χ2v) is 2.71. The third-order valence-electron chi connectivity index (χ3n) is 1.75. The van der Waals surface area contributed by atoms with Crippen LogP contribution in [0.25, 0.3) is 0 Å². The molecule has 0 radical (unpaired) electrons. The average molecular weight is 213 g/mol. The van der Waals surface area contributed by atoms with Crippen LogP contribution >= 0.6 is 0 Å². The number of benzene rings is 1. The molecule has 1 rings (SSSR count). The molecule has 15 heavy (non-hydrogen) atoms. The van der Waals surface area contributed by atoms with Gasteiger partial charge in [-0.1, -0.05) is 0 Å². The minimum Gasteiger partial charge on any atom is -0.478 e. The number of nitro groups is 1. The first-order chi connectivity index (χ1) is 6.93. The Bertz CT molecular complexity index is 414. The number of carboxylic acid groups (broad SMARTS) is 1. The summed E-state index contributed by atoms with van der Waals surface area (Å²) in [6.45, 7) is 0. The number of carbonyl (C=O) groups is 1. The summed E-state index contributed by atoms with van der Waals surface area (Å²) in [5.41, 5.74) is -1.22. The van der Waals surface area contributed by atoms with Gasteiger partial charge in [-0.25, -0.2) is 4.79 Å². The summed E-state index contributed by atoms with van der Waals surface area (Å²) in [5, 5.41) is 36.7. The number of hydrogen-bond acceptors (Lipinski definition) is 5. The van der Waals surface area contributed by atoms with Crippen molar-refractivity contribution in [1.82, 2.24) is 0 Å². The third-order valence-corrected chi connectivity index (χ3v) is 1.75. The zero-order valence-electron chi connectivity index (χ0n) is 7.32. The van der Waals surface area contributed by atoms with E-state index >= 15 is 0 Å². The molecule has 0 aliphatic carbocycles. The molecule has 0 spiro atoms. The third kappa shape index (κ3) is 2.27. The van der Waals surface area contributed by atoms with Crippen LogP contribution in [-0.4, -0.2) is 26.2 Å². The Morgan fingerprint density at radius 2 is 2.00 bits per heavy atom. The summed E-state index contributed by atoms with van der Waals surface area (Å²) in [6, 6.07) is 2.79. The van der Waals surface area contributed by atoms with Gasteiger partial charge in [-0.15, -0.1) is 0 Å². The van der Waals surface area contributed by atoms with Crippen LogP contribution in [0.2, 0.25) is 0 Å². The smallest absolute Gasteiger partial charge is 0.335 e. The van der Waals surface area contributed by atoms with E-state index < -0.39 is 28.4 Å². The maximum absolute atomic E-state index is 10.5. The lowest BCUT2D eigenvalue weighted by Gasteiger charge is -2.05. The SMILES string of the molecule is O=C(O)c1ccc([N+](=O)[O-])c(C(O)O)c1. The van der Waals surface area contributed by atoms with Gasteiger partial charge in [0.1, 0.15) is 0 Å². The summed E-state index contributed by atoms with van der Waals surface area (Å²) in [7, 11) is 0. The Hall–Kier alpha value is -1.99. The number of nitrogens with zero attached hydrogens (tertiary/aromatic N) is 1. The van der Waals surface area contributed by atoms with Crippen LogP contribution in [0.4, 0.5) is 5.69 Å². The Labute approximate surface area is 83.4 Å². The Kier molecular flexibility index (Phi) is 2.98. The molecule has 0 atom stereocenters. The van der Waals surface area contributed by atoms with Gasteiger partial charge >= 0.3 is 5.97 Å². The second-order valence-electron chi connectivity index (χ2n) is 2.71. The van der Waals surface area contributed by atoms with Crippen molar-refractivity contribution in [3.8, 4) is 0 Å². The van der Waals surface area contributed by atoms with Crippen LogP contribution in [0, 0.1) is 10.1 Å². The lowest BCUT2D eigenvalue weighted by atomic mass is 10.1. The lowest BCUT2D eigenvalue weighted by Crippen LogP contribution is -2.05. The number of aromatic carboxylic acids is 1. The molecular weight excluding hydrogens is 206 g/mol. The molecule has 0 aromatic heterocycles. The molecular formula is C8H7NO6. The monoisotopic (exact) mass is 213 g/mol. The van der Waals surface area contributed by atoms with Gasteiger partial charge < -0.3 is 15.3 Å². The van der Waals surface area contributed by atoms with E-state index in [-0.39, 0.29) is 5.56 Å². The topological polar surface area (TPSA) is 121 Å². The quantitative estimate of drug-likeness (QED) is 0.376. The zero-order valence-corrected chi connectivity index (χ0v) is 7.32. The second kappa shape index (κ2) is 4.03. The number of hydrogen-bond donors (Lipinski definition) is 3. The molecule has 1 aromatic carbocycles. The molecule has 0 bridgehead atoms. The summed E-state index contributed by atoms with van der Waals surface area (Å²) < 4.78 is 0. The van der Waals surface area contributed by atoms with Crippen molar-refractivity contribution in [1.29, 1.82) is 0 Å². The minimum atomic E-state index is -2.08. The first-order valence-electron chi connectivity index (χ1n) is 3.81. The molecule has 3 N–H and O–H groups in total. The predicted molar refractivity (Wildman–Crippen MR) is 47.2 cm³/mol. The number of nitro benzene ring substituents is 1. The highest BCUT2D eigenvalue weighted by Gasteiger charge is 2.20. The van der Waals surface area contributed by atoms with Crippen LogP contribution in [0.1, 0.15) is 22.2 Å². The molecule has 7 nitrogen and oxygen atoms in total. The molecule has 7 heteroatoms. The van der Waals surface area contributed by atoms with Gasteiger partial charge in [0.2, 0.25) is 0 Å². The van der Waals surface area contributed by atoms with Gasteiger partial charge in [-0.05, 0) is 12.1 Å². The minimum absolute atomic E-state index is 0.247. The van der Waals surface area contributed by atoms with E-state index in [1.165, 1.54) is 0 Å². The van der Waals surface area contributed by atoms with Gasteiger partial charge in [0.05, 0.1) is 16.1 Å². The van der Waals surface area contributed by atoms with Crippen molar-refractivity contribution in [3.63, 3.8) is 0 Å². The fourth-order valence-corrected chi connectivity index (χ4v) is 1.06.